The van der Waals surface area contributed by atoms with E-state index in [0.717, 1.165) is 25.1 Å². The van der Waals surface area contributed by atoms with Crippen molar-refractivity contribution < 1.29 is 9.32 Å². The molecule has 1 atom stereocenters. The lowest BCUT2D eigenvalue weighted by Gasteiger charge is -2.20. The molecule has 24 heavy (non-hydrogen) atoms. The predicted octanol–water partition coefficient (Wildman–Crippen LogP) is 2.91. The van der Waals surface area contributed by atoms with Crippen LogP contribution in [0.3, 0.4) is 0 Å². The van der Waals surface area contributed by atoms with E-state index >= 15 is 0 Å². The molecule has 7 nitrogen and oxygen atoms in total. The van der Waals surface area contributed by atoms with Crippen molar-refractivity contribution in [3.63, 3.8) is 0 Å². The molecule has 0 aliphatic carbocycles. The molecule has 0 saturated carbocycles. The standard InChI is InChI=1S/C16H23N5O2S/c1-10-17-14(23-20-10)11-6-5-7-21(11)8-13(22)19-15-18-12(9-24-15)16(2,3)4/h9,11H,5-8H2,1-4H3,(H,18,19,22). The molecule has 1 aliphatic rings. The number of aryl methyl sites for hydroxylation is 1. The Morgan fingerprint density at radius 2 is 2.25 bits per heavy atom. The summed E-state index contributed by atoms with van der Waals surface area (Å²) in [6.07, 6.45) is 1.95. The van der Waals surface area contributed by atoms with Gasteiger partial charge in [-0.15, -0.1) is 11.3 Å². The number of nitrogens with one attached hydrogen (secondary N) is 1. The largest absolute Gasteiger partial charge is 0.338 e. The van der Waals surface area contributed by atoms with Crippen LogP contribution in [0, 0.1) is 6.92 Å². The van der Waals surface area contributed by atoms with Gasteiger partial charge in [0.15, 0.2) is 11.0 Å². The highest BCUT2D eigenvalue weighted by Crippen LogP contribution is 2.31. The van der Waals surface area contributed by atoms with Crippen molar-refractivity contribution in [3.05, 3.63) is 22.8 Å². The molecule has 2 aromatic heterocycles. The maximum Gasteiger partial charge on any atom is 0.243 e. The van der Waals surface area contributed by atoms with Gasteiger partial charge in [-0.05, 0) is 26.3 Å². The van der Waals surface area contributed by atoms with Gasteiger partial charge in [-0.3, -0.25) is 9.69 Å². The summed E-state index contributed by atoms with van der Waals surface area (Å²) in [5.74, 6) is 1.16. The minimum atomic E-state index is -0.0621. The average Bonchev–Trinajstić information content (AvgIpc) is 3.18. The van der Waals surface area contributed by atoms with Gasteiger partial charge in [0.1, 0.15) is 0 Å². The number of hydrogen-bond acceptors (Lipinski definition) is 7. The second kappa shape index (κ2) is 6.60. The molecule has 8 heteroatoms. The van der Waals surface area contributed by atoms with E-state index in [0.29, 0.717) is 23.4 Å². The molecule has 1 amide bonds. The Kier molecular flexibility index (Phi) is 4.69. The van der Waals surface area contributed by atoms with Crippen LogP contribution in [0.5, 0.6) is 0 Å². The molecule has 3 heterocycles. The van der Waals surface area contributed by atoms with Crippen molar-refractivity contribution >= 4 is 22.4 Å². The number of aromatic nitrogens is 3. The third-order valence-electron chi connectivity index (χ3n) is 4.06. The molecule has 3 rings (SSSR count). The molecule has 1 unspecified atom stereocenters. The van der Waals surface area contributed by atoms with Crippen molar-refractivity contribution in [2.75, 3.05) is 18.4 Å². The average molecular weight is 349 g/mol. The third kappa shape index (κ3) is 3.81. The molecule has 0 radical (unpaired) electrons. The van der Waals surface area contributed by atoms with Gasteiger partial charge in [0.25, 0.3) is 0 Å². The summed E-state index contributed by atoms with van der Waals surface area (Å²) in [6.45, 7) is 9.27. The van der Waals surface area contributed by atoms with Crippen molar-refractivity contribution in [2.45, 2.75) is 52.0 Å². The van der Waals surface area contributed by atoms with Gasteiger partial charge in [0.2, 0.25) is 11.8 Å². The van der Waals surface area contributed by atoms with Crippen LogP contribution >= 0.6 is 11.3 Å². The van der Waals surface area contributed by atoms with E-state index in [-0.39, 0.29) is 17.4 Å². The number of carbonyl (C=O) groups excluding carboxylic acids is 1. The van der Waals surface area contributed by atoms with Crippen LogP contribution in [0.4, 0.5) is 5.13 Å². The highest BCUT2D eigenvalue weighted by atomic mass is 32.1. The van der Waals surface area contributed by atoms with Crippen LogP contribution in [0.15, 0.2) is 9.90 Å². The van der Waals surface area contributed by atoms with E-state index in [1.165, 1.54) is 11.3 Å². The summed E-state index contributed by atoms with van der Waals surface area (Å²) in [7, 11) is 0. The molecular formula is C16H23N5O2S. The predicted molar refractivity (Wildman–Crippen MR) is 92.0 cm³/mol. The third-order valence-corrected chi connectivity index (χ3v) is 4.82. The molecule has 0 spiro atoms. The van der Waals surface area contributed by atoms with E-state index in [1.807, 2.05) is 5.38 Å². The molecule has 1 aliphatic heterocycles. The Labute approximate surface area is 145 Å². The van der Waals surface area contributed by atoms with E-state index in [9.17, 15) is 4.79 Å². The quantitative estimate of drug-likeness (QED) is 0.913. The highest BCUT2D eigenvalue weighted by molar-refractivity contribution is 7.13. The first-order valence-corrected chi connectivity index (χ1v) is 9.01. The second-order valence-corrected chi connectivity index (χ2v) is 8.00. The first-order chi connectivity index (χ1) is 11.3. The lowest BCUT2D eigenvalue weighted by Crippen LogP contribution is -2.33. The first-order valence-electron chi connectivity index (χ1n) is 8.13. The molecule has 1 fully saturated rings. The monoisotopic (exact) mass is 349 g/mol. The van der Waals surface area contributed by atoms with Gasteiger partial charge in [-0.2, -0.15) is 4.98 Å². The van der Waals surface area contributed by atoms with Crippen LogP contribution < -0.4 is 5.32 Å². The van der Waals surface area contributed by atoms with Gasteiger partial charge < -0.3 is 9.84 Å². The molecule has 130 valence electrons. The van der Waals surface area contributed by atoms with E-state index in [4.69, 9.17) is 4.52 Å². The van der Waals surface area contributed by atoms with E-state index < -0.39 is 0 Å². The maximum atomic E-state index is 12.4. The van der Waals surface area contributed by atoms with E-state index in [1.54, 1.807) is 6.92 Å². The smallest absolute Gasteiger partial charge is 0.243 e. The second-order valence-electron chi connectivity index (χ2n) is 7.14. The van der Waals surface area contributed by atoms with Gasteiger partial charge in [0, 0.05) is 10.8 Å². The number of thiazole rings is 1. The van der Waals surface area contributed by atoms with Crippen LogP contribution in [0.1, 0.15) is 57.1 Å². The minimum absolute atomic E-state index is 0.0185. The molecule has 1 saturated heterocycles. The van der Waals surface area contributed by atoms with Crippen LogP contribution in [-0.4, -0.2) is 39.0 Å². The molecule has 0 bridgehead atoms. The highest BCUT2D eigenvalue weighted by Gasteiger charge is 2.31. The summed E-state index contributed by atoms with van der Waals surface area (Å²) >= 11 is 1.46. The fraction of sp³-hybridized carbons (Fsp3) is 0.625. The first kappa shape index (κ1) is 17.0. The van der Waals surface area contributed by atoms with Gasteiger partial charge in [0.05, 0.1) is 18.3 Å². The Balaban J connectivity index is 1.61. The normalized spacial score (nSPS) is 18.9. The number of rotatable bonds is 4. The van der Waals surface area contributed by atoms with Crippen LogP contribution in [0.25, 0.3) is 0 Å². The zero-order chi connectivity index (χ0) is 17.3. The molecule has 2 aromatic rings. The lowest BCUT2D eigenvalue weighted by atomic mass is 9.93. The van der Waals surface area contributed by atoms with Crippen molar-refractivity contribution in [1.82, 2.24) is 20.0 Å². The van der Waals surface area contributed by atoms with Crippen LogP contribution in [0.2, 0.25) is 0 Å². The van der Waals surface area contributed by atoms with Crippen molar-refractivity contribution in [3.8, 4) is 0 Å². The van der Waals surface area contributed by atoms with Gasteiger partial charge in [-0.25, -0.2) is 4.98 Å². The maximum absolute atomic E-state index is 12.4. The summed E-state index contributed by atoms with van der Waals surface area (Å²) in [4.78, 5) is 23.2. The summed E-state index contributed by atoms with van der Waals surface area (Å²) in [6, 6.07) is 0.0263. The van der Waals surface area contributed by atoms with E-state index in [2.05, 4.69) is 46.1 Å². The van der Waals surface area contributed by atoms with Crippen molar-refractivity contribution in [1.29, 1.82) is 0 Å². The summed E-state index contributed by atoms with van der Waals surface area (Å²) in [5, 5.41) is 9.39. The number of hydrogen-bond donors (Lipinski definition) is 1. The molecular weight excluding hydrogens is 326 g/mol. The number of likely N-dealkylation sites (tertiary alicyclic amines) is 1. The van der Waals surface area contributed by atoms with Crippen LogP contribution in [-0.2, 0) is 10.2 Å². The Hall–Kier alpha value is -1.80. The van der Waals surface area contributed by atoms with Crippen molar-refractivity contribution in [2.24, 2.45) is 0 Å². The minimum Gasteiger partial charge on any atom is -0.338 e. The lowest BCUT2D eigenvalue weighted by molar-refractivity contribution is -0.117. The number of nitrogens with zero attached hydrogens (tertiary/aromatic N) is 4. The Bertz CT molecular complexity index is 718. The SMILES string of the molecule is Cc1noc(C2CCCN2CC(=O)Nc2nc(C(C)(C)C)cs2)n1. The number of anilines is 1. The molecule has 0 aromatic carbocycles. The summed E-state index contributed by atoms with van der Waals surface area (Å²) in [5.41, 5.74) is 0.971. The fourth-order valence-corrected chi connectivity index (χ4v) is 3.72. The Morgan fingerprint density at radius 1 is 1.46 bits per heavy atom. The van der Waals surface area contributed by atoms with Gasteiger partial charge >= 0.3 is 0 Å². The number of amides is 1. The number of carbonyl (C=O) groups is 1. The Morgan fingerprint density at radius 3 is 2.88 bits per heavy atom. The molecule has 1 N–H and O–H groups in total. The summed E-state index contributed by atoms with van der Waals surface area (Å²) < 4.78 is 5.27. The topological polar surface area (TPSA) is 84.2 Å². The van der Waals surface area contributed by atoms with Gasteiger partial charge in [-0.1, -0.05) is 25.9 Å². The zero-order valence-electron chi connectivity index (χ0n) is 14.5. The fourth-order valence-electron chi connectivity index (χ4n) is 2.76. The zero-order valence-corrected chi connectivity index (χ0v) is 15.3.